The first-order chi connectivity index (χ1) is 15.5. The molecule has 32 heavy (non-hydrogen) atoms. The van der Waals surface area contributed by atoms with E-state index < -0.39 is 0 Å². The third-order valence-electron chi connectivity index (χ3n) is 5.63. The van der Waals surface area contributed by atoms with E-state index in [1.54, 1.807) is 24.5 Å². The fourth-order valence-corrected chi connectivity index (χ4v) is 4.96. The van der Waals surface area contributed by atoms with Crippen LogP contribution < -0.4 is 15.8 Å². The molecule has 0 aliphatic heterocycles. The van der Waals surface area contributed by atoms with Gasteiger partial charge in [0.15, 0.2) is 5.65 Å². The van der Waals surface area contributed by atoms with Crippen LogP contribution in [-0.2, 0) is 20.0 Å². The van der Waals surface area contributed by atoms with Gasteiger partial charge in [-0.15, -0.1) is 11.3 Å². The van der Waals surface area contributed by atoms with Crippen LogP contribution in [0.15, 0.2) is 35.7 Å². The molecule has 0 saturated heterocycles. The number of ether oxygens (including phenoxy) is 1. The molecule has 5 N–H and O–H groups in total. The van der Waals surface area contributed by atoms with E-state index >= 15 is 0 Å². The number of aryl methyl sites for hydroxylation is 1. The molecule has 0 atom stereocenters. The highest BCUT2D eigenvalue weighted by Crippen LogP contribution is 2.38. The van der Waals surface area contributed by atoms with Crippen molar-refractivity contribution in [3.05, 3.63) is 57.5 Å². The molecule has 3 heterocycles. The monoisotopic (exact) mass is 449 g/mol. The summed E-state index contributed by atoms with van der Waals surface area (Å²) in [5.41, 5.74) is 12.8. The average molecular weight is 450 g/mol. The number of nitrogens with one attached hydrogen (secondary N) is 3. The van der Waals surface area contributed by atoms with Crippen LogP contribution in [0.3, 0.4) is 0 Å². The molecule has 0 aromatic carbocycles. The number of allylic oxidation sites excluding steroid dienone is 3. The van der Waals surface area contributed by atoms with Gasteiger partial charge in [0, 0.05) is 56.0 Å². The standard InChI is InChI=1S/C23H27N7OS/c1-30-21(17(11-25)22-23(30)29-19(32-22)10-16(26)8-9-24)20(15-4-3-5-15)28-13-14-6-7-18(31-2)27-12-14/h6-9,11-12,24-25,28H,3-5,10,13,26H2,1-2H3. The number of thiazole rings is 1. The molecular weight excluding hydrogens is 422 g/mol. The average Bonchev–Trinajstić information content (AvgIpc) is 3.27. The van der Waals surface area contributed by atoms with Crippen molar-refractivity contribution >= 4 is 39.8 Å². The van der Waals surface area contributed by atoms with E-state index in [-0.39, 0.29) is 0 Å². The summed E-state index contributed by atoms with van der Waals surface area (Å²) in [7, 11) is 3.61. The molecule has 0 radical (unpaired) electrons. The van der Waals surface area contributed by atoms with E-state index in [4.69, 9.17) is 26.3 Å². The van der Waals surface area contributed by atoms with Crippen LogP contribution in [0.2, 0.25) is 0 Å². The largest absolute Gasteiger partial charge is 0.481 e. The second-order valence-electron chi connectivity index (χ2n) is 7.71. The molecule has 9 heteroatoms. The molecule has 0 spiro atoms. The van der Waals surface area contributed by atoms with Crippen LogP contribution in [0.1, 0.15) is 41.1 Å². The van der Waals surface area contributed by atoms with Gasteiger partial charge in [0.1, 0.15) is 5.01 Å². The maximum atomic E-state index is 8.15. The van der Waals surface area contributed by atoms with Gasteiger partial charge in [0.25, 0.3) is 0 Å². The number of pyridine rings is 1. The van der Waals surface area contributed by atoms with Gasteiger partial charge in [-0.1, -0.05) is 6.07 Å². The van der Waals surface area contributed by atoms with E-state index in [1.165, 1.54) is 24.4 Å². The van der Waals surface area contributed by atoms with Crippen molar-refractivity contribution < 1.29 is 4.74 Å². The second kappa shape index (κ2) is 9.35. The van der Waals surface area contributed by atoms with Gasteiger partial charge in [-0.3, -0.25) is 0 Å². The Bertz CT molecular complexity index is 1210. The molecule has 1 aliphatic rings. The predicted molar refractivity (Wildman–Crippen MR) is 130 cm³/mol. The lowest BCUT2D eigenvalue weighted by Crippen LogP contribution is -2.20. The quantitative estimate of drug-likeness (QED) is 0.370. The summed E-state index contributed by atoms with van der Waals surface area (Å²) >= 11 is 1.56. The van der Waals surface area contributed by atoms with Crippen molar-refractivity contribution in [2.75, 3.05) is 7.11 Å². The maximum absolute atomic E-state index is 8.15. The summed E-state index contributed by atoms with van der Waals surface area (Å²) in [6.07, 6.45) is 9.80. The van der Waals surface area contributed by atoms with Gasteiger partial charge in [-0.05, 0) is 36.5 Å². The zero-order valence-electron chi connectivity index (χ0n) is 18.2. The molecule has 3 aromatic heterocycles. The van der Waals surface area contributed by atoms with Gasteiger partial charge >= 0.3 is 0 Å². The molecular formula is C23H27N7OS. The molecule has 8 nitrogen and oxygen atoms in total. The minimum atomic E-state index is 0.498. The van der Waals surface area contributed by atoms with E-state index in [0.717, 1.165) is 50.7 Å². The third-order valence-corrected chi connectivity index (χ3v) is 6.70. The molecule has 1 saturated carbocycles. The van der Waals surface area contributed by atoms with Crippen molar-refractivity contribution in [1.82, 2.24) is 19.9 Å². The van der Waals surface area contributed by atoms with Gasteiger partial charge in [-0.25, -0.2) is 9.97 Å². The number of aromatic nitrogens is 3. The van der Waals surface area contributed by atoms with E-state index in [0.29, 0.717) is 24.5 Å². The van der Waals surface area contributed by atoms with Gasteiger partial charge in [-0.2, -0.15) is 0 Å². The fraction of sp³-hybridized carbons (Fsp3) is 0.304. The van der Waals surface area contributed by atoms with Gasteiger partial charge in [0.2, 0.25) is 5.88 Å². The van der Waals surface area contributed by atoms with Crippen LogP contribution in [0.25, 0.3) is 16.0 Å². The van der Waals surface area contributed by atoms with Crippen LogP contribution in [0, 0.1) is 10.8 Å². The summed E-state index contributed by atoms with van der Waals surface area (Å²) in [5.74, 6) is 0.595. The smallest absolute Gasteiger partial charge is 0.212 e. The number of fused-ring (bicyclic) bond motifs is 1. The van der Waals surface area contributed by atoms with Crippen molar-refractivity contribution in [3.63, 3.8) is 0 Å². The number of rotatable bonds is 9. The Morgan fingerprint density at radius 3 is 2.75 bits per heavy atom. The lowest BCUT2D eigenvalue weighted by molar-refractivity contribution is 0.397. The number of methoxy groups -OCH3 is 1. The van der Waals surface area contributed by atoms with Crippen molar-refractivity contribution in [3.8, 4) is 5.88 Å². The van der Waals surface area contributed by atoms with Crippen LogP contribution >= 0.6 is 11.3 Å². The molecule has 1 fully saturated rings. The van der Waals surface area contributed by atoms with E-state index in [1.807, 2.05) is 25.4 Å². The molecule has 3 aromatic rings. The maximum Gasteiger partial charge on any atom is 0.212 e. The minimum Gasteiger partial charge on any atom is -0.481 e. The summed E-state index contributed by atoms with van der Waals surface area (Å²) in [5, 5.41) is 19.8. The Morgan fingerprint density at radius 1 is 1.34 bits per heavy atom. The lowest BCUT2D eigenvalue weighted by Gasteiger charge is -2.24. The zero-order valence-corrected chi connectivity index (χ0v) is 19.1. The first-order valence-corrected chi connectivity index (χ1v) is 11.3. The zero-order chi connectivity index (χ0) is 22.7. The number of hydrogen-bond acceptors (Lipinski definition) is 8. The van der Waals surface area contributed by atoms with Crippen LogP contribution in [0.5, 0.6) is 5.88 Å². The Kier molecular flexibility index (Phi) is 6.36. The highest BCUT2D eigenvalue weighted by molar-refractivity contribution is 7.19. The Balaban J connectivity index is 1.68. The summed E-state index contributed by atoms with van der Waals surface area (Å²) in [6.45, 7) is 0.635. The number of nitrogens with zero attached hydrogens (tertiary/aromatic N) is 3. The number of hydrogen-bond donors (Lipinski definition) is 4. The minimum absolute atomic E-state index is 0.498. The Labute approximate surface area is 190 Å². The normalized spacial score (nSPS) is 13.7. The molecule has 0 unspecified atom stereocenters. The Morgan fingerprint density at radius 2 is 2.16 bits per heavy atom. The van der Waals surface area contributed by atoms with Crippen molar-refractivity contribution in [2.45, 2.75) is 32.2 Å². The van der Waals surface area contributed by atoms with Crippen molar-refractivity contribution in [2.24, 2.45) is 12.8 Å². The molecule has 0 bridgehead atoms. The molecule has 1 aliphatic carbocycles. The van der Waals surface area contributed by atoms with Crippen LogP contribution in [-0.4, -0.2) is 34.1 Å². The Hall–Kier alpha value is -3.46. The fourth-order valence-electron chi connectivity index (χ4n) is 3.81. The second-order valence-corrected chi connectivity index (χ2v) is 8.79. The third kappa shape index (κ3) is 4.16. The first kappa shape index (κ1) is 21.8. The molecule has 166 valence electrons. The SMILES string of the molecule is COc1ccc(CNC(=C2CCC2)c2c(C=N)c3sc(CC(N)=CC=N)nc3n2C)cn1. The lowest BCUT2D eigenvalue weighted by atomic mass is 9.89. The summed E-state index contributed by atoms with van der Waals surface area (Å²) in [6, 6.07) is 3.86. The molecule has 4 rings (SSSR count). The first-order valence-electron chi connectivity index (χ1n) is 10.4. The van der Waals surface area contributed by atoms with E-state index in [2.05, 4.69) is 14.9 Å². The van der Waals surface area contributed by atoms with Crippen molar-refractivity contribution in [1.29, 1.82) is 10.8 Å². The molecule has 0 amide bonds. The van der Waals surface area contributed by atoms with Gasteiger partial charge in [0.05, 0.1) is 23.2 Å². The summed E-state index contributed by atoms with van der Waals surface area (Å²) < 4.78 is 8.21. The van der Waals surface area contributed by atoms with E-state index in [9.17, 15) is 0 Å². The van der Waals surface area contributed by atoms with Gasteiger partial charge < -0.3 is 31.2 Å². The highest BCUT2D eigenvalue weighted by atomic mass is 32.1. The highest BCUT2D eigenvalue weighted by Gasteiger charge is 2.25. The topological polar surface area (TPSA) is 126 Å². The predicted octanol–water partition coefficient (Wildman–Crippen LogP) is 3.76. The van der Waals surface area contributed by atoms with Crippen LogP contribution in [0.4, 0.5) is 0 Å². The number of nitrogens with two attached hydrogens (primary N) is 1. The summed E-state index contributed by atoms with van der Waals surface area (Å²) in [4.78, 5) is 9.09.